The number of piperazine rings is 1. The van der Waals surface area contributed by atoms with E-state index in [4.69, 9.17) is 4.74 Å². The molecule has 2 aromatic heterocycles. The van der Waals surface area contributed by atoms with Crippen molar-refractivity contribution in [2.45, 2.75) is 0 Å². The number of rotatable bonds is 4. The highest BCUT2D eigenvalue weighted by molar-refractivity contribution is 6.16. The summed E-state index contributed by atoms with van der Waals surface area (Å²) in [6.45, 7) is 2.60. The quantitative estimate of drug-likeness (QED) is 0.380. The number of aryl methyl sites for hydroxylation is 1. The molecule has 0 aliphatic carbocycles. The van der Waals surface area contributed by atoms with Crippen molar-refractivity contribution in [2.24, 2.45) is 7.05 Å². The number of carbonyl (C=O) groups is 1. The Labute approximate surface area is 213 Å². The van der Waals surface area contributed by atoms with Crippen molar-refractivity contribution in [3.8, 4) is 11.4 Å². The Morgan fingerprint density at radius 3 is 2.22 bits per heavy atom. The Balaban J connectivity index is 1.46. The summed E-state index contributed by atoms with van der Waals surface area (Å²) in [6.07, 6.45) is 0. The highest BCUT2D eigenvalue weighted by Gasteiger charge is 2.29. The fourth-order valence-electron chi connectivity index (χ4n) is 5.18. The second kappa shape index (κ2) is 9.13. The highest BCUT2D eigenvalue weighted by Crippen LogP contribution is 2.29. The van der Waals surface area contributed by atoms with Gasteiger partial charge in [0.1, 0.15) is 11.3 Å². The molecule has 6 rings (SSSR count). The number of ether oxygens (including phenoxy) is 1. The maximum absolute atomic E-state index is 14.0. The summed E-state index contributed by atoms with van der Waals surface area (Å²) < 4.78 is 8.46. The lowest BCUT2D eigenvalue weighted by Crippen LogP contribution is -2.49. The molecule has 0 N–H and O–H groups in total. The largest absolute Gasteiger partial charge is 0.497 e. The first-order valence-electron chi connectivity index (χ1n) is 12.3. The van der Waals surface area contributed by atoms with Crippen LogP contribution in [0.3, 0.4) is 0 Å². The molecule has 0 spiro atoms. The predicted molar refractivity (Wildman–Crippen MR) is 145 cm³/mol. The van der Waals surface area contributed by atoms with Crippen LogP contribution in [0.15, 0.2) is 83.7 Å². The number of anilines is 1. The number of aromatic nitrogens is 3. The average Bonchev–Trinajstić information content (AvgIpc) is 3.26. The normalized spacial score (nSPS) is 13.9. The smallest absolute Gasteiger partial charge is 0.296 e. The fourth-order valence-corrected chi connectivity index (χ4v) is 5.18. The van der Waals surface area contributed by atoms with Crippen LogP contribution in [0.4, 0.5) is 5.69 Å². The summed E-state index contributed by atoms with van der Waals surface area (Å²) >= 11 is 0. The maximum Gasteiger partial charge on any atom is 0.296 e. The Morgan fingerprint density at radius 1 is 0.838 bits per heavy atom. The third-order valence-electron chi connectivity index (χ3n) is 7.15. The van der Waals surface area contributed by atoms with Crippen LogP contribution in [0, 0.1) is 0 Å². The van der Waals surface area contributed by atoms with Gasteiger partial charge in [0.2, 0.25) is 0 Å². The SMILES string of the molecule is COc1ccc(-n2nc(C(=O)N3CCN(c4ccccc4)CC3)c3c4ccccc4n(C)c3c2=O)cc1. The summed E-state index contributed by atoms with van der Waals surface area (Å²) in [4.78, 5) is 31.9. The minimum Gasteiger partial charge on any atom is -0.497 e. The molecule has 1 amide bonds. The summed E-state index contributed by atoms with van der Waals surface area (Å²) in [5, 5.41) is 6.13. The molecule has 0 saturated carbocycles. The number of hydrogen-bond donors (Lipinski definition) is 0. The van der Waals surface area contributed by atoms with Gasteiger partial charge in [-0.05, 0) is 42.5 Å². The number of nitrogens with zero attached hydrogens (tertiary/aromatic N) is 5. The highest BCUT2D eigenvalue weighted by atomic mass is 16.5. The first-order chi connectivity index (χ1) is 18.1. The van der Waals surface area contributed by atoms with E-state index in [1.165, 1.54) is 4.68 Å². The molecule has 1 aliphatic heterocycles. The van der Waals surface area contributed by atoms with Gasteiger partial charge in [-0.2, -0.15) is 9.78 Å². The monoisotopic (exact) mass is 493 g/mol. The van der Waals surface area contributed by atoms with Crippen molar-refractivity contribution in [1.29, 1.82) is 0 Å². The van der Waals surface area contributed by atoms with Crippen LogP contribution in [0.2, 0.25) is 0 Å². The Hall–Kier alpha value is -4.59. The molecule has 3 aromatic carbocycles. The van der Waals surface area contributed by atoms with Crippen LogP contribution in [-0.2, 0) is 7.05 Å². The van der Waals surface area contributed by atoms with Gasteiger partial charge in [0.15, 0.2) is 5.69 Å². The fraction of sp³-hybridized carbons (Fsp3) is 0.207. The lowest BCUT2D eigenvalue weighted by Gasteiger charge is -2.36. The van der Waals surface area contributed by atoms with Crippen LogP contribution in [0.5, 0.6) is 5.75 Å². The van der Waals surface area contributed by atoms with E-state index < -0.39 is 0 Å². The van der Waals surface area contributed by atoms with Gasteiger partial charge < -0.3 is 19.1 Å². The van der Waals surface area contributed by atoms with E-state index in [-0.39, 0.29) is 17.2 Å². The molecular formula is C29H27N5O3. The minimum absolute atomic E-state index is 0.170. The molecule has 1 saturated heterocycles. The minimum atomic E-state index is -0.274. The van der Waals surface area contributed by atoms with E-state index in [9.17, 15) is 9.59 Å². The van der Waals surface area contributed by atoms with Gasteiger partial charge in [-0.1, -0.05) is 36.4 Å². The molecular weight excluding hydrogens is 466 g/mol. The van der Waals surface area contributed by atoms with E-state index in [1.54, 1.807) is 31.4 Å². The van der Waals surface area contributed by atoms with Gasteiger partial charge in [0.25, 0.3) is 11.5 Å². The molecule has 0 atom stereocenters. The molecule has 186 valence electrons. The van der Waals surface area contributed by atoms with Gasteiger partial charge in [-0.15, -0.1) is 0 Å². The van der Waals surface area contributed by atoms with Crippen LogP contribution in [-0.4, -0.2) is 58.4 Å². The van der Waals surface area contributed by atoms with E-state index >= 15 is 0 Å². The van der Waals surface area contributed by atoms with E-state index in [1.807, 2.05) is 59.0 Å². The maximum atomic E-state index is 14.0. The standard InChI is InChI=1S/C29H27N5O3/c1-31-24-11-7-6-10-23(24)25-26(28(35)33-18-16-32(17-19-33)20-8-4-3-5-9-20)30-34(29(36)27(25)31)21-12-14-22(37-2)15-13-21/h3-15H,16-19H2,1-2H3. The van der Waals surface area contributed by atoms with Gasteiger partial charge in [-0.25, -0.2) is 0 Å². The lowest BCUT2D eigenvalue weighted by molar-refractivity contribution is 0.0741. The summed E-state index contributed by atoms with van der Waals surface area (Å²) in [6, 6.07) is 25.1. The number of hydrogen-bond acceptors (Lipinski definition) is 5. The van der Waals surface area contributed by atoms with Crippen molar-refractivity contribution in [2.75, 3.05) is 38.2 Å². The zero-order chi connectivity index (χ0) is 25.5. The molecule has 0 radical (unpaired) electrons. The second-order valence-corrected chi connectivity index (χ2v) is 9.18. The average molecular weight is 494 g/mol. The van der Waals surface area contributed by atoms with Crippen LogP contribution in [0.25, 0.3) is 27.5 Å². The van der Waals surface area contributed by atoms with Crippen molar-refractivity contribution >= 4 is 33.4 Å². The molecule has 1 aliphatic rings. The molecule has 0 bridgehead atoms. The van der Waals surface area contributed by atoms with Crippen LogP contribution < -0.4 is 15.2 Å². The number of amides is 1. The van der Waals surface area contributed by atoms with E-state index in [2.05, 4.69) is 22.1 Å². The number of benzene rings is 3. The number of para-hydroxylation sites is 2. The van der Waals surface area contributed by atoms with Crippen molar-refractivity contribution in [3.63, 3.8) is 0 Å². The molecule has 3 heterocycles. The van der Waals surface area contributed by atoms with Crippen molar-refractivity contribution in [3.05, 3.63) is 94.9 Å². The third-order valence-corrected chi connectivity index (χ3v) is 7.15. The van der Waals surface area contributed by atoms with E-state index in [0.29, 0.717) is 35.4 Å². The first kappa shape index (κ1) is 22.8. The van der Waals surface area contributed by atoms with E-state index in [0.717, 1.165) is 29.7 Å². The summed E-state index contributed by atoms with van der Waals surface area (Å²) in [5.74, 6) is 0.506. The van der Waals surface area contributed by atoms with Gasteiger partial charge in [-0.3, -0.25) is 9.59 Å². The third kappa shape index (κ3) is 3.81. The topological polar surface area (TPSA) is 72.6 Å². The predicted octanol–water partition coefficient (Wildman–Crippen LogP) is 3.85. The zero-order valence-corrected chi connectivity index (χ0v) is 20.8. The Kier molecular flexibility index (Phi) is 5.64. The Bertz CT molecular complexity index is 1660. The van der Waals surface area contributed by atoms with Crippen molar-refractivity contribution in [1.82, 2.24) is 19.2 Å². The molecule has 37 heavy (non-hydrogen) atoms. The van der Waals surface area contributed by atoms with Gasteiger partial charge in [0.05, 0.1) is 12.8 Å². The van der Waals surface area contributed by atoms with Crippen LogP contribution >= 0.6 is 0 Å². The Morgan fingerprint density at radius 2 is 1.51 bits per heavy atom. The summed E-state index contributed by atoms with van der Waals surface area (Å²) in [5.41, 5.74) is 3.07. The molecule has 1 fully saturated rings. The molecule has 0 unspecified atom stereocenters. The van der Waals surface area contributed by atoms with Crippen LogP contribution in [0.1, 0.15) is 10.5 Å². The van der Waals surface area contributed by atoms with Gasteiger partial charge in [0, 0.05) is 55.2 Å². The number of carbonyl (C=O) groups excluding carboxylic acids is 1. The molecule has 8 nitrogen and oxygen atoms in total. The first-order valence-corrected chi connectivity index (χ1v) is 12.3. The second-order valence-electron chi connectivity index (χ2n) is 9.18. The zero-order valence-electron chi connectivity index (χ0n) is 20.8. The van der Waals surface area contributed by atoms with Crippen molar-refractivity contribution < 1.29 is 9.53 Å². The molecule has 8 heteroatoms. The van der Waals surface area contributed by atoms with Gasteiger partial charge >= 0.3 is 0 Å². The summed E-state index contributed by atoms with van der Waals surface area (Å²) in [7, 11) is 3.45. The number of methoxy groups -OCH3 is 1. The molecule has 5 aromatic rings. The number of fused-ring (bicyclic) bond motifs is 3. The lowest BCUT2D eigenvalue weighted by atomic mass is 10.1.